The van der Waals surface area contributed by atoms with Crippen molar-refractivity contribution in [1.29, 1.82) is 0 Å². The zero-order valence-corrected chi connectivity index (χ0v) is 34.0. The van der Waals surface area contributed by atoms with Crippen LogP contribution >= 0.6 is 11.6 Å². The molecule has 0 bridgehead atoms. The number of ether oxygens (including phenoxy) is 3. The summed E-state index contributed by atoms with van der Waals surface area (Å²) in [5.74, 6) is 0.956. The molecule has 5 aromatic rings. The molecule has 6 heterocycles. The number of benzene rings is 4. The Kier molecular flexibility index (Phi) is 9.98. The number of phenols is 1. The van der Waals surface area contributed by atoms with E-state index in [1.807, 2.05) is 41.3 Å². The largest absolute Gasteiger partial charge is 0.508 e. The van der Waals surface area contributed by atoms with Gasteiger partial charge < -0.3 is 33.7 Å². The van der Waals surface area contributed by atoms with Gasteiger partial charge in [0.05, 0.1) is 24.3 Å². The second-order valence-electron chi connectivity index (χ2n) is 16.3. The number of anilines is 3. The van der Waals surface area contributed by atoms with Crippen LogP contribution in [0.5, 0.6) is 17.2 Å². The maximum absolute atomic E-state index is 15.3. The number of morpholine rings is 1. The minimum Gasteiger partial charge on any atom is -0.508 e. The number of carbonyl (C=O) groups excluding carboxylic acids is 2. The topological polar surface area (TPSA) is 100.0 Å². The van der Waals surface area contributed by atoms with Crippen molar-refractivity contribution in [3.05, 3.63) is 117 Å². The van der Waals surface area contributed by atoms with E-state index in [9.17, 15) is 5.11 Å². The molecule has 1 fully saturated rings. The zero-order chi connectivity index (χ0) is 40.2. The number of nitrogens with zero attached hydrogens (tertiary/aromatic N) is 5. The fourth-order valence-corrected chi connectivity index (χ4v) is 9.98. The number of aryl methyl sites for hydroxylation is 1. The summed E-state index contributed by atoms with van der Waals surface area (Å²) in [6.45, 7) is 5.83. The van der Waals surface area contributed by atoms with E-state index in [-0.39, 0.29) is 30.4 Å². The molecule has 0 unspecified atom stereocenters. The highest BCUT2D eigenvalue weighted by Gasteiger charge is 2.37. The predicted octanol–water partition coefficient (Wildman–Crippen LogP) is 7.84. The van der Waals surface area contributed by atoms with E-state index < -0.39 is 0 Å². The standard InChI is InChI=1S/C47H48ClN5O6/c1-49-16-5-7-30-22-33(12-15-41(30)49)53(32-10-13-35(54)14-11-32)47(56)39-24-43(51-17-3-2-9-42(39)51)37-25-44-45(59-29-58-44)26-38(37)46(55)52-27-31-6-4-8-40(48)36(31)23-34(52)28-50-18-20-57-21-19-50/h4,6,8,10-15,22,24-26,34,54H,2-3,5,7,9,16-21,23,27-29H2,1H3/t34-/m0/s1. The van der Waals surface area contributed by atoms with Crippen LogP contribution in [0.15, 0.2) is 78.9 Å². The Hall–Kier alpha value is -5.49. The molecule has 4 aromatic carbocycles. The summed E-state index contributed by atoms with van der Waals surface area (Å²) in [4.78, 5) is 39.0. The van der Waals surface area contributed by atoms with E-state index in [2.05, 4.69) is 39.6 Å². The van der Waals surface area contributed by atoms with Crippen molar-refractivity contribution < 1.29 is 28.9 Å². The lowest BCUT2D eigenvalue weighted by Gasteiger charge is -2.41. The molecular formula is C47H48ClN5O6. The summed E-state index contributed by atoms with van der Waals surface area (Å²) >= 11 is 6.79. The normalized spacial score (nSPS) is 18.6. The summed E-state index contributed by atoms with van der Waals surface area (Å²) in [6.07, 6.45) is 5.22. The first-order valence-corrected chi connectivity index (χ1v) is 21.2. The van der Waals surface area contributed by atoms with E-state index in [0.29, 0.717) is 73.1 Å². The maximum atomic E-state index is 15.3. The molecule has 1 N–H and O–H groups in total. The van der Waals surface area contributed by atoms with Crippen molar-refractivity contribution in [2.75, 3.05) is 63.0 Å². The number of fused-ring (bicyclic) bond motifs is 4. The molecule has 304 valence electrons. The Balaban J connectivity index is 1.08. The lowest BCUT2D eigenvalue weighted by atomic mass is 9.91. The van der Waals surface area contributed by atoms with Crippen molar-refractivity contribution in [3.63, 3.8) is 0 Å². The number of hydrogen-bond acceptors (Lipinski definition) is 8. The Labute approximate surface area is 349 Å². The predicted molar refractivity (Wildman–Crippen MR) is 228 cm³/mol. The van der Waals surface area contributed by atoms with Crippen LogP contribution in [0.2, 0.25) is 5.02 Å². The van der Waals surface area contributed by atoms with Gasteiger partial charge in [-0.2, -0.15) is 0 Å². The monoisotopic (exact) mass is 813 g/mol. The number of hydrogen-bond donors (Lipinski definition) is 1. The molecule has 5 aliphatic heterocycles. The number of amides is 2. The van der Waals surface area contributed by atoms with E-state index in [1.165, 1.54) is 11.3 Å². The minimum atomic E-state index is -0.166. The van der Waals surface area contributed by atoms with Crippen LogP contribution < -0.4 is 19.3 Å². The lowest BCUT2D eigenvalue weighted by Crippen LogP contribution is -2.52. The Morgan fingerprint density at radius 1 is 0.831 bits per heavy atom. The van der Waals surface area contributed by atoms with Crippen molar-refractivity contribution in [2.24, 2.45) is 0 Å². The Morgan fingerprint density at radius 2 is 1.63 bits per heavy atom. The third kappa shape index (κ3) is 6.98. The SMILES string of the molecule is CN1CCCc2cc(N(C(=O)c3cc(-c4cc5c(cc4C(=O)N4Cc6cccc(Cl)c6C[C@H]4CN4CCOCC4)OCO5)n4c3CCCC4)c3ccc(O)cc3)ccc21. The molecular weight excluding hydrogens is 766 g/mol. The summed E-state index contributed by atoms with van der Waals surface area (Å²) < 4.78 is 19.8. The van der Waals surface area contributed by atoms with Gasteiger partial charge in [0.15, 0.2) is 11.5 Å². The summed E-state index contributed by atoms with van der Waals surface area (Å²) in [6, 6.07) is 24.6. The number of aromatic nitrogens is 1. The fraction of sp³-hybridized carbons (Fsp3) is 0.362. The number of phenolic OH excluding ortho intramolecular Hbond substituents is 1. The molecule has 5 aliphatic rings. The molecule has 10 rings (SSSR count). The number of aromatic hydroxyl groups is 1. The fourth-order valence-electron chi connectivity index (χ4n) is 9.71. The molecule has 0 radical (unpaired) electrons. The first-order valence-electron chi connectivity index (χ1n) is 20.8. The third-order valence-corrected chi connectivity index (χ3v) is 13.1. The van der Waals surface area contributed by atoms with E-state index in [0.717, 1.165) is 85.0 Å². The van der Waals surface area contributed by atoms with Gasteiger partial charge in [0.1, 0.15) is 5.75 Å². The van der Waals surface area contributed by atoms with Crippen molar-refractivity contribution in [3.8, 4) is 28.5 Å². The van der Waals surface area contributed by atoms with Gasteiger partial charge in [-0.3, -0.25) is 19.4 Å². The van der Waals surface area contributed by atoms with Gasteiger partial charge in [-0.05, 0) is 122 Å². The van der Waals surface area contributed by atoms with Gasteiger partial charge in [0, 0.05) is 91.4 Å². The summed E-state index contributed by atoms with van der Waals surface area (Å²) in [5.41, 5.74) is 9.48. The molecule has 1 atom stereocenters. The summed E-state index contributed by atoms with van der Waals surface area (Å²) in [7, 11) is 2.11. The van der Waals surface area contributed by atoms with E-state index >= 15 is 9.59 Å². The van der Waals surface area contributed by atoms with Crippen LogP contribution in [-0.2, 0) is 37.1 Å². The van der Waals surface area contributed by atoms with Gasteiger partial charge in [-0.15, -0.1) is 0 Å². The van der Waals surface area contributed by atoms with Crippen LogP contribution in [0.1, 0.15) is 62.4 Å². The van der Waals surface area contributed by atoms with Crippen LogP contribution in [0, 0.1) is 0 Å². The quantitative estimate of drug-likeness (QED) is 0.178. The highest BCUT2D eigenvalue weighted by Crippen LogP contribution is 2.44. The third-order valence-electron chi connectivity index (χ3n) is 12.8. The minimum absolute atomic E-state index is 0.0653. The number of carbonyl (C=O) groups is 2. The molecule has 1 saturated heterocycles. The van der Waals surface area contributed by atoms with E-state index in [1.54, 1.807) is 29.2 Å². The molecule has 1 aromatic heterocycles. The van der Waals surface area contributed by atoms with Gasteiger partial charge in [0.2, 0.25) is 6.79 Å². The first kappa shape index (κ1) is 37.8. The lowest BCUT2D eigenvalue weighted by molar-refractivity contribution is 0.0193. The number of halogens is 1. The smallest absolute Gasteiger partial charge is 0.264 e. The van der Waals surface area contributed by atoms with Crippen LogP contribution in [0.3, 0.4) is 0 Å². The molecule has 0 spiro atoms. The molecule has 0 saturated carbocycles. The molecule has 59 heavy (non-hydrogen) atoms. The Morgan fingerprint density at radius 3 is 2.46 bits per heavy atom. The first-order chi connectivity index (χ1) is 28.8. The second kappa shape index (κ2) is 15.6. The zero-order valence-electron chi connectivity index (χ0n) is 33.3. The van der Waals surface area contributed by atoms with Gasteiger partial charge in [-0.1, -0.05) is 23.7 Å². The highest BCUT2D eigenvalue weighted by molar-refractivity contribution is 6.31. The van der Waals surface area contributed by atoms with Gasteiger partial charge in [-0.25, -0.2) is 0 Å². The molecule has 2 amide bonds. The van der Waals surface area contributed by atoms with Crippen LogP contribution in [0.25, 0.3) is 11.3 Å². The van der Waals surface area contributed by atoms with Gasteiger partial charge >= 0.3 is 0 Å². The van der Waals surface area contributed by atoms with Crippen molar-refractivity contribution >= 4 is 40.5 Å². The van der Waals surface area contributed by atoms with Crippen LogP contribution in [0.4, 0.5) is 17.1 Å². The number of rotatable bonds is 7. The summed E-state index contributed by atoms with van der Waals surface area (Å²) in [5, 5.41) is 11.0. The average Bonchev–Trinajstić information content (AvgIpc) is 3.89. The maximum Gasteiger partial charge on any atom is 0.264 e. The molecule has 12 heteroatoms. The van der Waals surface area contributed by atoms with Gasteiger partial charge in [0.25, 0.3) is 11.8 Å². The average molecular weight is 814 g/mol. The molecule has 0 aliphatic carbocycles. The van der Waals surface area contributed by atoms with Crippen molar-refractivity contribution in [2.45, 2.75) is 57.7 Å². The Bertz CT molecular complexity index is 2440. The van der Waals surface area contributed by atoms with Crippen molar-refractivity contribution in [1.82, 2.24) is 14.4 Å². The van der Waals surface area contributed by atoms with E-state index in [4.69, 9.17) is 25.8 Å². The highest BCUT2D eigenvalue weighted by atomic mass is 35.5. The molecule has 11 nitrogen and oxygen atoms in total. The van der Waals surface area contributed by atoms with Crippen LogP contribution in [-0.4, -0.2) is 90.6 Å². The second-order valence-corrected chi connectivity index (χ2v) is 16.7.